The minimum atomic E-state index is -0.791. The summed E-state index contributed by atoms with van der Waals surface area (Å²) in [6.45, 7) is 6.53. The number of nitrogens with one attached hydrogen (secondary N) is 2. The Morgan fingerprint density at radius 3 is 2.78 bits per heavy atom. The molecule has 1 fully saturated rings. The van der Waals surface area contributed by atoms with Crippen LogP contribution in [0, 0.1) is 5.92 Å². The number of allylic oxidation sites excluding steroid dienone is 1. The maximum Gasteiger partial charge on any atom is 0.320 e. The average molecular weight is 326 g/mol. The maximum absolute atomic E-state index is 11.2. The third-order valence-electron chi connectivity index (χ3n) is 4.13. The highest BCUT2D eigenvalue weighted by atomic mass is 16.5. The minimum absolute atomic E-state index is 0.0597. The second kappa shape index (κ2) is 10.4. The van der Waals surface area contributed by atoms with Gasteiger partial charge in [0.15, 0.2) is 0 Å². The molecule has 1 saturated heterocycles. The summed E-state index contributed by atoms with van der Waals surface area (Å²) < 4.78 is 5.89. The Bertz CT molecular complexity index is 411. The van der Waals surface area contributed by atoms with Gasteiger partial charge >= 0.3 is 5.97 Å². The number of carbonyl (C=O) groups is 2. The molecular weight excluding hydrogens is 296 g/mol. The summed E-state index contributed by atoms with van der Waals surface area (Å²) in [6, 6.07) is -0.368. The van der Waals surface area contributed by atoms with E-state index in [9.17, 15) is 14.7 Å². The Kier molecular flexibility index (Phi) is 8.87. The Labute approximate surface area is 138 Å². The number of hydrogen-bond acceptors (Lipinski definition) is 4. The number of amides is 1. The second-order valence-corrected chi connectivity index (χ2v) is 6.09. The van der Waals surface area contributed by atoms with Gasteiger partial charge in [-0.2, -0.15) is 0 Å². The summed E-state index contributed by atoms with van der Waals surface area (Å²) >= 11 is 0. The highest BCUT2D eigenvalue weighted by Gasteiger charge is 2.36. The van der Waals surface area contributed by atoms with E-state index in [0.29, 0.717) is 19.6 Å². The molecule has 0 aromatic heterocycles. The Morgan fingerprint density at radius 2 is 2.22 bits per heavy atom. The molecule has 1 aliphatic heterocycles. The van der Waals surface area contributed by atoms with Crippen LogP contribution >= 0.6 is 0 Å². The number of ether oxygens (including phenoxy) is 1. The molecule has 0 unspecified atom stereocenters. The van der Waals surface area contributed by atoms with Crippen molar-refractivity contribution in [3.8, 4) is 0 Å². The molecule has 0 aromatic carbocycles. The van der Waals surface area contributed by atoms with Gasteiger partial charge in [0.05, 0.1) is 12.7 Å². The van der Waals surface area contributed by atoms with Crippen LogP contribution in [0.3, 0.4) is 0 Å². The predicted octanol–water partition coefficient (Wildman–Crippen LogP) is 1.71. The van der Waals surface area contributed by atoms with E-state index in [1.165, 1.54) is 6.92 Å². The number of carboxylic acids is 1. The van der Waals surface area contributed by atoms with Gasteiger partial charge in [0.2, 0.25) is 5.91 Å². The monoisotopic (exact) mass is 326 g/mol. The fourth-order valence-corrected chi connectivity index (χ4v) is 3.09. The van der Waals surface area contributed by atoms with Crippen LogP contribution in [0.15, 0.2) is 12.2 Å². The van der Waals surface area contributed by atoms with Crippen molar-refractivity contribution in [1.29, 1.82) is 0 Å². The minimum Gasteiger partial charge on any atom is -0.480 e. The predicted molar refractivity (Wildman–Crippen MR) is 89.2 cm³/mol. The lowest BCUT2D eigenvalue weighted by Crippen LogP contribution is -2.38. The van der Waals surface area contributed by atoms with E-state index in [1.807, 2.05) is 13.0 Å². The fourth-order valence-electron chi connectivity index (χ4n) is 3.09. The van der Waals surface area contributed by atoms with Crippen molar-refractivity contribution in [3.63, 3.8) is 0 Å². The van der Waals surface area contributed by atoms with Crippen molar-refractivity contribution in [2.75, 3.05) is 13.2 Å². The van der Waals surface area contributed by atoms with Crippen molar-refractivity contribution in [1.82, 2.24) is 10.6 Å². The number of carbonyl (C=O) groups excluding carboxylic acids is 1. The molecule has 0 radical (unpaired) electrons. The lowest BCUT2D eigenvalue weighted by Gasteiger charge is -2.24. The van der Waals surface area contributed by atoms with E-state index in [2.05, 4.69) is 23.6 Å². The lowest BCUT2D eigenvalue weighted by molar-refractivity contribution is -0.139. The average Bonchev–Trinajstić information content (AvgIpc) is 2.87. The van der Waals surface area contributed by atoms with Crippen LogP contribution in [0.5, 0.6) is 0 Å². The molecule has 1 amide bonds. The summed E-state index contributed by atoms with van der Waals surface area (Å²) in [5.41, 5.74) is 0. The van der Waals surface area contributed by atoms with Gasteiger partial charge in [-0.05, 0) is 32.1 Å². The van der Waals surface area contributed by atoms with E-state index < -0.39 is 12.0 Å². The third kappa shape index (κ3) is 7.14. The van der Waals surface area contributed by atoms with E-state index in [1.54, 1.807) is 0 Å². The van der Waals surface area contributed by atoms with Gasteiger partial charge in [-0.15, -0.1) is 0 Å². The van der Waals surface area contributed by atoms with E-state index in [4.69, 9.17) is 4.74 Å². The zero-order chi connectivity index (χ0) is 17.2. The van der Waals surface area contributed by atoms with Crippen molar-refractivity contribution in [2.24, 2.45) is 5.92 Å². The standard InChI is InChI=1S/C17H30N2O4/c1-4-6-13-10-16(17(21)22)19-15(13)11-14(7-5-2)23-9-8-18-12(3)20/h4,6,13-16,19H,5,7-11H2,1-3H3,(H,18,20)(H,21,22)/t13-,14-,15-,16-/m1/s1. The molecule has 1 heterocycles. The molecule has 0 spiro atoms. The molecule has 3 N–H and O–H groups in total. The molecule has 0 bridgehead atoms. The van der Waals surface area contributed by atoms with Gasteiger partial charge in [0.1, 0.15) is 6.04 Å². The first kappa shape index (κ1) is 19.6. The lowest BCUT2D eigenvalue weighted by atomic mass is 9.93. The molecule has 0 saturated carbocycles. The zero-order valence-corrected chi connectivity index (χ0v) is 14.4. The van der Waals surface area contributed by atoms with Crippen molar-refractivity contribution >= 4 is 11.9 Å². The molecule has 1 aliphatic rings. The molecule has 6 heteroatoms. The molecule has 0 aliphatic carbocycles. The van der Waals surface area contributed by atoms with E-state index >= 15 is 0 Å². The highest BCUT2D eigenvalue weighted by Crippen LogP contribution is 2.27. The first-order valence-corrected chi connectivity index (χ1v) is 8.45. The van der Waals surface area contributed by atoms with Crippen LogP contribution in [-0.4, -0.2) is 48.3 Å². The summed E-state index contributed by atoms with van der Waals surface area (Å²) in [6.07, 6.45) is 7.48. The van der Waals surface area contributed by atoms with Crippen LogP contribution in [0.4, 0.5) is 0 Å². The van der Waals surface area contributed by atoms with Gasteiger partial charge < -0.3 is 20.5 Å². The molecule has 23 heavy (non-hydrogen) atoms. The Hall–Kier alpha value is -1.40. The molecule has 1 rings (SSSR count). The molecule has 6 nitrogen and oxygen atoms in total. The van der Waals surface area contributed by atoms with E-state index in [0.717, 1.165) is 19.3 Å². The van der Waals surface area contributed by atoms with Crippen LogP contribution in [-0.2, 0) is 14.3 Å². The van der Waals surface area contributed by atoms with Gasteiger partial charge in [-0.1, -0.05) is 25.5 Å². The summed E-state index contributed by atoms with van der Waals surface area (Å²) in [7, 11) is 0. The summed E-state index contributed by atoms with van der Waals surface area (Å²) in [5.74, 6) is -0.629. The van der Waals surface area contributed by atoms with Crippen LogP contribution in [0.25, 0.3) is 0 Å². The molecule has 132 valence electrons. The van der Waals surface area contributed by atoms with Crippen LogP contribution < -0.4 is 10.6 Å². The maximum atomic E-state index is 11.2. The van der Waals surface area contributed by atoms with Gasteiger partial charge in [0, 0.05) is 19.5 Å². The van der Waals surface area contributed by atoms with Gasteiger partial charge in [-0.3, -0.25) is 9.59 Å². The van der Waals surface area contributed by atoms with Crippen molar-refractivity contribution < 1.29 is 19.4 Å². The molecular formula is C17H30N2O4. The molecule has 4 atom stereocenters. The SMILES string of the molecule is CC=C[C@@H]1C[C@H](C(=O)O)N[C@@H]1C[C@@H](CCC)OCCNC(C)=O. The zero-order valence-electron chi connectivity index (χ0n) is 14.4. The van der Waals surface area contributed by atoms with Crippen LogP contribution in [0.1, 0.15) is 46.5 Å². The third-order valence-corrected chi connectivity index (χ3v) is 4.13. The number of hydrogen-bond donors (Lipinski definition) is 3. The second-order valence-electron chi connectivity index (χ2n) is 6.09. The van der Waals surface area contributed by atoms with Gasteiger partial charge in [0.25, 0.3) is 0 Å². The quantitative estimate of drug-likeness (QED) is 0.420. The topological polar surface area (TPSA) is 87.7 Å². The van der Waals surface area contributed by atoms with Crippen molar-refractivity contribution in [2.45, 2.75) is 64.6 Å². The smallest absolute Gasteiger partial charge is 0.320 e. The highest BCUT2D eigenvalue weighted by molar-refractivity contribution is 5.74. The first-order chi connectivity index (χ1) is 11.0. The van der Waals surface area contributed by atoms with Crippen molar-refractivity contribution in [3.05, 3.63) is 12.2 Å². The fraction of sp³-hybridized carbons (Fsp3) is 0.765. The molecule has 0 aromatic rings. The van der Waals surface area contributed by atoms with Crippen LogP contribution in [0.2, 0.25) is 0 Å². The number of carboxylic acid groups (broad SMARTS) is 1. The first-order valence-electron chi connectivity index (χ1n) is 8.45. The summed E-state index contributed by atoms with van der Waals surface area (Å²) in [5, 5.41) is 15.2. The number of rotatable bonds is 10. The summed E-state index contributed by atoms with van der Waals surface area (Å²) in [4.78, 5) is 22.1. The van der Waals surface area contributed by atoms with Gasteiger partial charge in [-0.25, -0.2) is 0 Å². The van der Waals surface area contributed by atoms with E-state index in [-0.39, 0.29) is 24.0 Å². The Balaban J connectivity index is 2.54. The Morgan fingerprint density at radius 1 is 1.48 bits per heavy atom. The number of aliphatic carboxylic acids is 1. The normalized spacial score (nSPS) is 25.6. The largest absolute Gasteiger partial charge is 0.480 e.